The third-order valence-corrected chi connectivity index (χ3v) is 3.54. The minimum atomic E-state index is -0.176. The van der Waals surface area contributed by atoms with Gasteiger partial charge in [-0.2, -0.15) is 0 Å². The van der Waals surface area contributed by atoms with Crippen molar-refractivity contribution < 1.29 is 9.59 Å². The second-order valence-electron chi connectivity index (χ2n) is 4.92. The third-order valence-electron chi connectivity index (χ3n) is 3.54. The van der Waals surface area contributed by atoms with Crippen molar-refractivity contribution in [2.24, 2.45) is 0 Å². The quantitative estimate of drug-likeness (QED) is 0.740. The highest BCUT2D eigenvalue weighted by Crippen LogP contribution is 2.23. The summed E-state index contributed by atoms with van der Waals surface area (Å²) in [4.78, 5) is 27.5. The summed E-state index contributed by atoms with van der Waals surface area (Å²) in [6, 6.07) is 0.0646. The van der Waals surface area contributed by atoms with Crippen LogP contribution in [0.2, 0.25) is 0 Å². The van der Waals surface area contributed by atoms with Gasteiger partial charge in [-0.25, -0.2) is 0 Å². The van der Waals surface area contributed by atoms with Crippen molar-refractivity contribution in [3.63, 3.8) is 0 Å². The molecule has 0 aromatic rings. The van der Waals surface area contributed by atoms with Crippen molar-refractivity contribution in [2.75, 3.05) is 26.2 Å². The van der Waals surface area contributed by atoms with E-state index in [1.54, 1.807) is 9.80 Å². The minimum Gasteiger partial charge on any atom is -0.330 e. The van der Waals surface area contributed by atoms with Crippen molar-refractivity contribution in [2.45, 2.75) is 38.8 Å². The Morgan fingerprint density at radius 1 is 1.47 bits per heavy atom. The molecule has 2 aliphatic heterocycles. The summed E-state index contributed by atoms with van der Waals surface area (Å²) in [7, 11) is 0. The Labute approximate surface area is 102 Å². The van der Waals surface area contributed by atoms with Gasteiger partial charge in [0.05, 0.1) is 6.54 Å². The van der Waals surface area contributed by atoms with E-state index in [0.29, 0.717) is 6.54 Å². The lowest BCUT2D eigenvalue weighted by atomic mass is 10.1. The Bertz CT molecular complexity index is 319. The number of rotatable bonds is 4. The zero-order valence-corrected chi connectivity index (χ0v) is 10.6. The average molecular weight is 239 g/mol. The highest BCUT2D eigenvalue weighted by atomic mass is 16.2. The van der Waals surface area contributed by atoms with Crippen LogP contribution in [0, 0.1) is 0 Å². The van der Waals surface area contributed by atoms with Gasteiger partial charge in [0.25, 0.3) is 0 Å². The number of carbonyl (C=O) groups excluding carboxylic acids is 2. The summed E-state index contributed by atoms with van der Waals surface area (Å²) in [5, 5.41) is 3.27. The highest BCUT2D eigenvalue weighted by molar-refractivity contribution is 5.95. The zero-order valence-electron chi connectivity index (χ0n) is 10.6. The maximum absolute atomic E-state index is 12.2. The van der Waals surface area contributed by atoms with Gasteiger partial charge in [0.2, 0.25) is 11.8 Å². The molecule has 2 heterocycles. The monoisotopic (exact) mass is 239 g/mol. The van der Waals surface area contributed by atoms with Crippen LogP contribution in [0.5, 0.6) is 0 Å². The van der Waals surface area contributed by atoms with Crippen molar-refractivity contribution in [1.29, 1.82) is 0 Å². The molecule has 0 aliphatic carbocycles. The Morgan fingerprint density at radius 3 is 2.94 bits per heavy atom. The maximum Gasteiger partial charge on any atom is 0.245 e. The summed E-state index contributed by atoms with van der Waals surface area (Å²) in [5.74, 6) is 0.239. The van der Waals surface area contributed by atoms with Gasteiger partial charge in [0.1, 0.15) is 6.04 Å². The average Bonchev–Trinajstić information content (AvgIpc) is 2.75. The van der Waals surface area contributed by atoms with E-state index in [9.17, 15) is 9.59 Å². The standard InChI is InChI=1S/C12H21N3O2/c1-3-13-9(2)7-14-8-11(16)15-6-4-5-10(15)12(14)17/h9-10,13H,3-8H2,1-2H3. The largest absolute Gasteiger partial charge is 0.330 e. The fourth-order valence-corrected chi connectivity index (χ4v) is 2.76. The van der Waals surface area contributed by atoms with Crippen LogP contribution in [0.25, 0.3) is 0 Å². The molecule has 17 heavy (non-hydrogen) atoms. The first-order valence-corrected chi connectivity index (χ1v) is 6.45. The van der Waals surface area contributed by atoms with E-state index in [2.05, 4.69) is 5.32 Å². The molecule has 5 heteroatoms. The number of hydrogen-bond acceptors (Lipinski definition) is 3. The molecule has 1 N–H and O–H groups in total. The SMILES string of the molecule is CCNC(C)CN1CC(=O)N2CCCC2C1=O. The second-order valence-corrected chi connectivity index (χ2v) is 4.92. The predicted octanol–water partition coefficient (Wildman–Crippen LogP) is -0.182. The molecular weight excluding hydrogens is 218 g/mol. The van der Waals surface area contributed by atoms with Crippen LogP contribution in [-0.4, -0.2) is 59.9 Å². The molecule has 0 aromatic carbocycles. The molecule has 0 radical (unpaired) electrons. The molecular formula is C12H21N3O2. The lowest BCUT2D eigenvalue weighted by Gasteiger charge is -2.37. The number of nitrogens with one attached hydrogen (secondary N) is 1. The normalized spacial score (nSPS) is 26.4. The fourth-order valence-electron chi connectivity index (χ4n) is 2.76. The van der Waals surface area contributed by atoms with Crippen molar-refractivity contribution in [1.82, 2.24) is 15.1 Å². The van der Waals surface area contributed by atoms with Gasteiger partial charge in [0, 0.05) is 19.1 Å². The zero-order chi connectivity index (χ0) is 12.4. The van der Waals surface area contributed by atoms with E-state index >= 15 is 0 Å². The van der Waals surface area contributed by atoms with Gasteiger partial charge in [-0.05, 0) is 26.3 Å². The van der Waals surface area contributed by atoms with Crippen molar-refractivity contribution in [3.8, 4) is 0 Å². The molecule has 0 bridgehead atoms. The van der Waals surface area contributed by atoms with Gasteiger partial charge < -0.3 is 15.1 Å². The molecule has 96 valence electrons. The van der Waals surface area contributed by atoms with Gasteiger partial charge in [-0.3, -0.25) is 9.59 Å². The minimum absolute atomic E-state index is 0.107. The molecule has 2 atom stereocenters. The first-order valence-electron chi connectivity index (χ1n) is 6.45. The van der Waals surface area contributed by atoms with Crippen molar-refractivity contribution >= 4 is 11.8 Å². The van der Waals surface area contributed by atoms with Crippen LogP contribution in [-0.2, 0) is 9.59 Å². The van der Waals surface area contributed by atoms with Gasteiger partial charge in [-0.1, -0.05) is 6.92 Å². The first-order chi connectivity index (χ1) is 8.13. The number of carbonyl (C=O) groups is 2. The van der Waals surface area contributed by atoms with Gasteiger partial charge in [0.15, 0.2) is 0 Å². The Morgan fingerprint density at radius 2 is 2.24 bits per heavy atom. The van der Waals surface area contributed by atoms with Gasteiger partial charge >= 0.3 is 0 Å². The van der Waals surface area contributed by atoms with Crippen molar-refractivity contribution in [3.05, 3.63) is 0 Å². The smallest absolute Gasteiger partial charge is 0.245 e. The molecule has 5 nitrogen and oxygen atoms in total. The van der Waals surface area contributed by atoms with Crippen LogP contribution in [0.15, 0.2) is 0 Å². The number of amides is 2. The van der Waals surface area contributed by atoms with E-state index in [-0.39, 0.29) is 30.4 Å². The molecule has 2 fully saturated rings. The summed E-state index contributed by atoms with van der Waals surface area (Å²) in [5.41, 5.74) is 0. The summed E-state index contributed by atoms with van der Waals surface area (Å²) in [6.07, 6.45) is 1.79. The maximum atomic E-state index is 12.2. The molecule has 2 saturated heterocycles. The molecule has 0 spiro atoms. The van der Waals surface area contributed by atoms with Crippen LogP contribution < -0.4 is 5.32 Å². The summed E-state index contributed by atoms with van der Waals surface area (Å²) in [6.45, 7) is 6.60. The molecule has 2 amide bonds. The Kier molecular flexibility index (Phi) is 3.66. The molecule has 0 aromatic heterocycles. The molecule has 0 saturated carbocycles. The topological polar surface area (TPSA) is 52.7 Å². The second kappa shape index (κ2) is 5.04. The van der Waals surface area contributed by atoms with Gasteiger partial charge in [-0.15, -0.1) is 0 Å². The van der Waals surface area contributed by atoms with E-state index < -0.39 is 0 Å². The van der Waals surface area contributed by atoms with E-state index in [0.717, 1.165) is 25.9 Å². The number of hydrogen-bond donors (Lipinski definition) is 1. The number of piperazine rings is 1. The lowest BCUT2D eigenvalue weighted by Crippen LogP contribution is -2.59. The number of fused-ring (bicyclic) bond motifs is 1. The number of likely N-dealkylation sites (N-methyl/N-ethyl adjacent to an activating group) is 1. The molecule has 2 rings (SSSR count). The summed E-state index contributed by atoms with van der Waals surface area (Å²) >= 11 is 0. The Hall–Kier alpha value is -1.10. The third kappa shape index (κ3) is 2.44. The fraction of sp³-hybridized carbons (Fsp3) is 0.833. The van der Waals surface area contributed by atoms with Crippen LogP contribution in [0.1, 0.15) is 26.7 Å². The van der Waals surface area contributed by atoms with E-state index in [1.165, 1.54) is 0 Å². The van der Waals surface area contributed by atoms with E-state index in [1.807, 2.05) is 13.8 Å². The Balaban J connectivity index is 1.99. The predicted molar refractivity (Wildman–Crippen MR) is 64.5 cm³/mol. The van der Waals surface area contributed by atoms with Crippen LogP contribution in [0.4, 0.5) is 0 Å². The lowest BCUT2D eigenvalue weighted by molar-refractivity contribution is -0.153. The van der Waals surface area contributed by atoms with Crippen LogP contribution >= 0.6 is 0 Å². The molecule has 2 aliphatic rings. The van der Waals surface area contributed by atoms with E-state index in [4.69, 9.17) is 0 Å². The molecule has 2 unspecified atom stereocenters. The van der Waals surface area contributed by atoms with Crippen LogP contribution in [0.3, 0.4) is 0 Å². The number of nitrogens with zero attached hydrogens (tertiary/aromatic N) is 2. The first kappa shape index (κ1) is 12.4. The highest BCUT2D eigenvalue weighted by Gasteiger charge is 2.41. The summed E-state index contributed by atoms with van der Waals surface area (Å²) < 4.78 is 0.